The standard InChI is InChI=1S/C12H21BrN2O/c1-2-11(13)12(16)15-8-5-10(9-15)14-6-3-4-7-14/h10-11H,2-9H2,1H3. The number of hydrogen-bond donors (Lipinski definition) is 0. The zero-order valence-corrected chi connectivity index (χ0v) is 11.6. The van der Waals surface area contributed by atoms with Crippen LogP contribution >= 0.6 is 15.9 Å². The van der Waals surface area contributed by atoms with E-state index >= 15 is 0 Å². The summed E-state index contributed by atoms with van der Waals surface area (Å²) in [5, 5.41) is 0. The molecular weight excluding hydrogens is 268 g/mol. The van der Waals surface area contributed by atoms with Gasteiger partial charge in [0.15, 0.2) is 0 Å². The highest BCUT2D eigenvalue weighted by Gasteiger charge is 2.32. The van der Waals surface area contributed by atoms with Gasteiger partial charge in [0.2, 0.25) is 5.91 Å². The minimum absolute atomic E-state index is 0.0184. The molecule has 1 amide bonds. The van der Waals surface area contributed by atoms with Gasteiger partial charge in [-0.2, -0.15) is 0 Å². The van der Waals surface area contributed by atoms with E-state index in [0.717, 1.165) is 25.9 Å². The van der Waals surface area contributed by atoms with Crippen LogP contribution in [0.25, 0.3) is 0 Å². The van der Waals surface area contributed by atoms with E-state index < -0.39 is 0 Å². The molecule has 4 heteroatoms. The molecule has 2 unspecified atom stereocenters. The second-order valence-electron chi connectivity index (χ2n) is 4.85. The van der Waals surface area contributed by atoms with E-state index in [1.165, 1.54) is 25.9 Å². The van der Waals surface area contributed by atoms with Gasteiger partial charge in [-0.1, -0.05) is 22.9 Å². The lowest BCUT2D eigenvalue weighted by Crippen LogP contribution is -2.39. The predicted octanol–water partition coefficient (Wildman–Crippen LogP) is 1.86. The van der Waals surface area contributed by atoms with Crippen LogP contribution in [0.5, 0.6) is 0 Å². The highest BCUT2D eigenvalue weighted by Crippen LogP contribution is 2.22. The van der Waals surface area contributed by atoms with E-state index in [1.54, 1.807) is 0 Å². The van der Waals surface area contributed by atoms with Crippen molar-refractivity contribution in [3.05, 3.63) is 0 Å². The maximum Gasteiger partial charge on any atom is 0.236 e. The minimum atomic E-state index is 0.0184. The number of carbonyl (C=O) groups is 1. The third-order valence-corrected chi connectivity index (χ3v) is 4.80. The number of amides is 1. The second-order valence-corrected chi connectivity index (χ2v) is 5.95. The zero-order valence-electron chi connectivity index (χ0n) is 9.99. The lowest BCUT2D eigenvalue weighted by Gasteiger charge is -2.24. The average Bonchev–Trinajstić information content (AvgIpc) is 2.96. The molecule has 2 fully saturated rings. The molecule has 2 heterocycles. The molecule has 92 valence electrons. The van der Waals surface area contributed by atoms with E-state index in [4.69, 9.17) is 0 Å². The van der Waals surface area contributed by atoms with Crippen molar-refractivity contribution in [2.24, 2.45) is 0 Å². The maximum atomic E-state index is 12.0. The Hall–Kier alpha value is -0.0900. The Balaban J connectivity index is 1.85. The van der Waals surface area contributed by atoms with Crippen molar-refractivity contribution >= 4 is 21.8 Å². The lowest BCUT2D eigenvalue weighted by atomic mass is 10.2. The largest absolute Gasteiger partial charge is 0.340 e. The van der Waals surface area contributed by atoms with Crippen molar-refractivity contribution in [1.29, 1.82) is 0 Å². The molecule has 2 rings (SSSR count). The zero-order chi connectivity index (χ0) is 11.5. The number of halogens is 1. The Morgan fingerprint density at radius 3 is 2.69 bits per heavy atom. The van der Waals surface area contributed by atoms with Crippen molar-refractivity contribution in [1.82, 2.24) is 9.80 Å². The number of hydrogen-bond acceptors (Lipinski definition) is 2. The van der Waals surface area contributed by atoms with Crippen molar-refractivity contribution in [2.75, 3.05) is 26.2 Å². The van der Waals surface area contributed by atoms with E-state index in [2.05, 4.69) is 20.8 Å². The monoisotopic (exact) mass is 288 g/mol. The molecule has 2 aliphatic heterocycles. The molecule has 2 saturated heterocycles. The summed E-state index contributed by atoms with van der Waals surface area (Å²) < 4.78 is 0. The topological polar surface area (TPSA) is 23.6 Å². The van der Waals surface area contributed by atoms with Crippen LogP contribution in [0.4, 0.5) is 0 Å². The van der Waals surface area contributed by atoms with Gasteiger partial charge in [-0.25, -0.2) is 0 Å². The van der Waals surface area contributed by atoms with Crippen LogP contribution in [-0.4, -0.2) is 52.8 Å². The van der Waals surface area contributed by atoms with Gasteiger partial charge in [0.25, 0.3) is 0 Å². The van der Waals surface area contributed by atoms with Crippen LogP contribution < -0.4 is 0 Å². The maximum absolute atomic E-state index is 12.0. The summed E-state index contributed by atoms with van der Waals surface area (Å²) in [4.78, 5) is 16.6. The molecule has 16 heavy (non-hydrogen) atoms. The summed E-state index contributed by atoms with van der Waals surface area (Å²) >= 11 is 3.45. The first-order valence-corrected chi connectivity index (χ1v) is 7.31. The Labute approximate surface area is 106 Å². The highest BCUT2D eigenvalue weighted by atomic mass is 79.9. The molecule has 0 N–H and O–H groups in total. The summed E-state index contributed by atoms with van der Waals surface area (Å²) in [6, 6.07) is 0.628. The lowest BCUT2D eigenvalue weighted by molar-refractivity contribution is -0.129. The Kier molecular flexibility index (Phi) is 4.25. The van der Waals surface area contributed by atoms with Gasteiger partial charge in [-0.3, -0.25) is 9.69 Å². The molecule has 0 aromatic heterocycles. The Morgan fingerprint density at radius 1 is 1.38 bits per heavy atom. The Bertz CT molecular complexity index is 253. The summed E-state index contributed by atoms with van der Waals surface area (Å²) in [7, 11) is 0. The third-order valence-electron chi connectivity index (χ3n) is 3.76. The van der Waals surface area contributed by atoms with E-state index in [9.17, 15) is 4.79 Å². The predicted molar refractivity (Wildman–Crippen MR) is 68.8 cm³/mol. The fourth-order valence-corrected chi connectivity index (χ4v) is 3.01. The molecule has 0 saturated carbocycles. The molecule has 0 bridgehead atoms. The van der Waals surface area contributed by atoms with Crippen LogP contribution in [0.1, 0.15) is 32.6 Å². The van der Waals surface area contributed by atoms with Crippen molar-refractivity contribution in [3.63, 3.8) is 0 Å². The number of alkyl halides is 1. The molecule has 2 aliphatic rings. The van der Waals surface area contributed by atoms with E-state index in [0.29, 0.717) is 6.04 Å². The SMILES string of the molecule is CCC(Br)C(=O)N1CCC(N2CCCC2)C1. The van der Waals surface area contributed by atoms with E-state index in [1.807, 2.05) is 11.8 Å². The van der Waals surface area contributed by atoms with Gasteiger partial charge in [0.05, 0.1) is 4.83 Å². The molecule has 3 nitrogen and oxygen atoms in total. The van der Waals surface area contributed by atoms with Crippen molar-refractivity contribution < 1.29 is 4.79 Å². The van der Waals surface area contributed by atoms with Crippen LogP contribution in [0.3, 0.4) is 0 Å². The number of rotatable bonds is 3. The first-order valence-electron chi connectivity index (χ1n) is 6.39. The second kappa shape index (κ2) is 5.50. The van der Waals surface area contributed by atoms with E-state index in [-0.39, 0.29) is 10.7 Å². The first kappa shape index (κ1) is 12.4. The molecule has 0 spiro atoms. The number of nitrogens with zero attached hydrogens (tertiary/aromatic N) is 2. The van der Waals surface area contributed by atoms with Crippen molar-refractivity contribution in [3.8, 4) is 0 Å². The fraction of sp³-hybridized carbons (Fsp3) is 0.917. The Morgan fingerprint density at radius 2 is 2.06 bits per heavy atom. The number of carbonyl (C=O) groups excluding carboxylic acids is 1. The van der Waals surface area contributed by atoms with Crippen LogP contribution in [0, 0.1) is 0 Å². The average molecular weight is 289 g/mol. The van der Waals surface area contributed by atoms with Gasteiger partial charge in [0, 0.05) is 19.1 Å². The van der Waals surface area contributed by atoms with Crippen LogP contribution in [0.2, 0.25) is 0 Å². The summed E-state index contributed by atoms with van der Waals surface area (Å²) in [6.45, 7) is 6.41. The highest BCUT2D eigenvalue weighted by molar-refractivity contribution is 9.10. The quantitative estimate of drug-likeness (QED) is 0.740. The van der Waals surface area contributed by atoms with Crippen LogP contribution in [0.15, 0.2) is 0 Å². The first-order chi connectivity index (χ1) is 7.72. The van der Waals surface area contributed by atoms with Gasteiger partial charge in [-0.15, -0.1) is 0 Å². The third kappa shape index (κ3) is 2.59. The molecule has 2 atom stereocenters. The number of likely N-dealkylation sites (tertiary alicyclic amines) is 2. The molecule has 0 aromatic rings. The normalized spacial score (nSPS) is 28.6. The van der Waals surface area contributed by atoms with Gasteiger partial charge >= 0.3 is 0 Å². The van der Waals surface area contributed by atoms with Gasteiger partial charge in [0.1, 0.15) is 0 Å². The molecule has 0 radical (unpaired) electrons. The molecular formula is C12H21BrN2O. The van der Waals surface area contributed by atoms with Crippen molar-refractivity contribution in [2.45, 2.75) is 43.5 Å². The van der Waals surface area contributed by atoms with Gasteiger partial charge in [-0.05, 0) is 38.8 Å². The smallest absolute Gasteiger partial charge is 0.236 e. The fourth-order valence-electron chi connectivity index (χ4n) is 2.72. The van der Waals surface area contributed by atoms with Crippen LogP contribution in [-0.2, 0) is 4.79 Å². The van der Waals surface area contributed by atoms with Gasteiger partial charge < -0.3 is 4.90 Å². The summed E-state index contributed by atoms with van der Waals surface area (Å²) in [6.07, 6.45) is 4.71. The minimum Gasteiger partial charge on any atom is -0.340 e. The summed E-state index contributed by atoms with van der Waals surface area (Å²) in [5.74, 6) is 0.282. The molecule has 0 aliphatic carbocycles. The molecule has 0 aromatic carbocycles. The summed E-state index contributed by atoms with van der Waals surface area (Å²) in [5.41, 5.74) is 0.